The van der Waals surface area contributed by atoms with Crippen molar-refractivity contribution in [2.75, 3.05) is 38.2 Å². The van der Waals surface area contributed by atoms with Gasteiger partial charge in [0, 0.05) is 11.3 Å². The van der Waals surface area contributed by atoms with Crippen molar-refractivity contribution in [2.24, 2.45) is 0 Å². The van der Waals surface area contributed by atoms with Crippen LogP contribution in [0.3, 0.4) is 0 Å². The molecule has 0 saturated carbocycles. The number of carbonyl (C=O) groups excluding carboxylic acids is 1. The van der Waals surface area contributed by atoms with Gasteiger partial charge in [0.15, 0.2) is 17.3 Å². The number of anilines is 1. The molecule has 3 rings (SSSR count). The van der Waals surface area contributed by atoms with Crippen molar-refractivity contribution >= 4 is 23.4 Å². The number of thioether (sulfide) groups is 1. The minimum atomic E-state index is -0.168. The summed E-state index contributed by atoms with van der Waals surface area (Å²) in [7, 11) is 4.59. The zero-order valence-electron chi connectivity index (χ0n) is 16.2. The molecule has 9 nitrogen and oxygen atoms in total. The molecule has 3 N–H and O–H groups in total. The number of hydrogen-bond acceptors (Lipinski definition) is 8. The molecule has 0 unspecified atom stereocenters. The fourth-order valence-electron chi connectivity index (χ4n) is 2.63. The number of nitrogens with two attached hydrogens (primary N) is 1. The van der Waals surface area contributed by atoms with Gasteiger partial charge in [-0.15, -0.1) is 10.2 Å². The standard InChI is InChI=1S/C19H21N5O4S/c1-26-14-9-12(10-15(27-2)17(14)28-3)18-22-23-19(24(18)20)29-11-16(25)21-13-7-5-4-6-8-13/h4-10H,11,20H2,1-3H3,(H,21,25). The van der Waals surface area contributed by atoms with Gasteiger partial charge in [-0.05, 0) is 24.3 Å². The van der Waals surface area contributed by atoms with Crippen molar-refractivity contribution in [1.29, 1.82) is 0 Å². The summed E-state index contributed by atoms with van der Waals surface area (Å²) in [5.41, 5.74) is 1.36. The van der Waals surface area contributed by atoms with E-state index in [-0.39, 0.29) is 11.7 Å². The molecular weight excluding hydrogens is 394 g/mol. The molecule has 1 aromatic heterocycles. The van der Waals surface area contributed by atoms with Crippen LogP contribution in [0.1, 0.15) is 0 Å². The van der Waals surface area contributed by atoms with Gasteiger partial charge in [0.25, 0.3) is 0 Å². The van der Waals surface area contributed by atoms with Crippen LogP contribution in [0.4, 0.5) is 5.69 Å². The van der Waals surface area contributed by atoms with Crippen LogP contribution in [0, 0.1) is 0 Å². The smallest absolute Gasteiger partial charge is 0.234 e. The van der Waals surface area contributed by atoms with E-state index in [4.69, 9.17) is 20.1 Å². The first-order chi connectivity index (χ1) is 14.1. The largest absolute Gasteiger partial charge is 0.493 e. The van der Waals surface area contributed by atoms with Crippen LogP contribution in [0.2, 0.25) is 0 Å². The molecule has 1 amide bonds. The van der Waals surface area contributed by atoms with Gasteiger partial charge in [0.05, 0.1) is 27.1 Å². The molecular formula is C19H21N5O4S. The Kier molecular flexibility index (Phi) is 6.45. The molecule has 0 aliphatic rings. The minimum Gasteiger partial charge on any atom is -0.493 e. The summed E-state index contributed by atoms with van der Waals surface area (Å²) in [6, 6.07) is 12.7. The van der Waals surface area contributed by atoms with Crippen molar-refractivity contribution in [3.63, 3.8) is 0 Å². The van der Waals surface area contributed by atoms with E-state index in [0.717, 1.165) is 5.69 Å². The van der Waals surface area contributed by atoms with E-state index in [9.17, 15) is 4.79 Å². The number of carbonyl (C=O) groups is 1. The Labute approximate surface area is 172 Å². The predicted octanol–water partition coefficient (Wildman–Crippen LogP) is 2.42. The quantitative estimate of drug-likeness (QED) is 0.426. The lowest BCUT2D eigenvalue weighted by atomic mass is 10.1. The van der Waals surface area contributed by atoms with Gasteiger partial charge in [-0.3, -0.25) is 4.79 Å². The highest BCUT2D eigenvalue weighted by Crippen LogP contribution is 2.40. The van der Waals surface area contributed by atoms with E-state index in [0.29, 0.717) is 33.8 Å². The Morgan fingerprint density at radius 1 is 1.07 bits per heavy atom. The molecule has 0 aliphatic carbocycles. The third-order valence-electron chi connectivity index (χ3n) is 3.98. The van der Waals surface area contributed by atoms with Gasteiger partial charge in [0.2, 0.25) is 16.8 Å². The number of aromatic nitrogens is 3. The van der Waals surface area contributed by atoms with Crippen LogP contribution in [0.15, 0.2) is 47.6 Å². The van der Waals surface area contributed by atoms with Gasteiger partial charge >= 0.3 is 0 Å². The number of nitrogen functional groups attached to an aromatic ring is 1. The summed E-state index contributed by atoms with van der Waals surface area (Å²) in [6.07, 6.45) is 0. The highest BCUT2D eigenvalue weighted by atomic mass is 32.2. The normalized spacial score (nSPS) is 10.4. The third-order valence-corrected chi connectivity index (χ3v) is 4.92. The van der Waals surface area contributed by atoms with Gasteiger partial charge in [-0.25, -0.2) is 4.68 Å². The molecule has 0 radical (unpaired) electrons. The zero-order chi connectivity index (χ0) is 20.8. The molecule has 0 fully saturated rings. The van der Waals surface area contributed by atoms with Gasteiger partial charge in [-0.2, -0.15) is 0 Å². The SMILES string of the molecule is COc1cc(-c2nnc(SCC(=O)Nc3ccccc3)n2N)cc(OC)c1OC. The number of nitrogens with zero attached hydrogens (tertiary/aromatic N) is 3. The average molecular weight is 415 g/mol. The number of ether oxygens (including phenoxy) is 3. The van der Waals surface area contributed by atoms with Gasteiger partial charge in [-0.1, -0.05) is 30.0 Å². The Bertz CT molecular complexity index is 969. The average Bonchev–Trinajstić information content (AvgIpc) is 3.12. The molecule has 1 heterocycles. The van der Waals surface area contributed by atoms with Crippen molar-refractivity contribution < 1.29 is 19.0 Å². The van der Waals surface area contributed by atoms with Crippen molar-refractivity contribution in [2.45, 2.75) is 5.16 Å². The first-order valence-electron chi connectivity index (χ1n) is 8.56. The Balaban J connectivity index is 1.76. The number of amides is 1. The molecule has 10 heteroatoms. The number of hydrogen-bond donors (Lipinski definition) is 2. The van der Waals surface area contributed by atoms with Crippen LogP contribution in [0.5, 0.6) is 17.2 Å². The van der Waals surface area contributed by atoms with Crippen LogP contribution in [-0.4, -0.2) is 47.9 Å². The van der Waals surface area contributed by atoms with Crippen molar-refractivity contribution in [1.82, 2.24) is 14.9 Å². The summed E-state index contributed by atoms with van der Waals surface area (Å²) in [5.74, 6) is 7.94. The maximum absolute atomic E-state index is 12.1. The first kappa shape index (κ1) is 20.3. The zero-order valence-corrected chi connectivity index (χ0v) is 17.0. The Morgan fingerprint density at radius 3 is 2.31 bits per heavy atom. The second kappa shape index (κ2) is 9.20. The van der Waals surface area contributed by atoms with E-state index in [1.165, 1.54) is 37.8 Å². The highest BCUT2D eigenvalue weighted by molar-refractivity contribution is 7.99. The molecule has 2 aromatic carbocycles. The molecule has 0 spiro atoms. The van der Waals surface area contributed by atoms with Crippen LogP contribution in [-0.2, 0) is 4.79 Å². The Morgan fingerprint density at radius 2 is 1.72 bits per heavy atom. The molecule has 0 bridgehead atoms. The maximum Gasteiger partial charge on any atom is 0.234 e. The lowest BCUT2D eigenvalue weighted by Gasteiger charge is -2.13. The fourth-order valence-corrected chi connectivity index (χ4v) is 3.29. The summed E-state index contributed by atoms with van der Waals surface area (Å²) in [4.78, 5) is 12.1. The van der Waals surface area contributed by atoms with Crippen molar-refractivity contribution in [3.05, 3.63) is 42.5 Å². The number of nitrogens with one attached hydrogen (secondary N) is 1. The molecule has 0 aliphatic heterocycles. The summed E-state index contributed by atoms with van der Waals surface area (Å²) >= 11 is 1.18. The molecule has 152 valence electrons. The minimum absolute atomic E-state index is 0.138. The summed E-state index contributed by atoms with van der Waals surface area (Å²) in [6.45, 7) is 0. The molecule has 0 atom stereocenters. The fraction of sp³-hybridized carbons (Fsp3) is 0.211. The van der Waals surface area contributed by atoms with E-state index < -0.39 is 0 Å². The lowest BCUT2D eigenvalue weighted by Crippen LogP contribution is -2.16. The second-order valence-electron chi connectivity index (χ2n) is 5.79. The van der Waals surface area contributed by atoms with Crippen molar-refractivity contribution in [3.8, 4) is 28.6 Å². The van der Waals surface area contributed by atoms with Crippen LogP contribution >= 0.6 is 11.8 Å². The first-order valence-corrected chi connectivity index (χ1v) is 9.54. The maximum atomic E-state index is 12.1. The van der Waals surface area contributed by atoms with Crippen LogP contribution in [0.25, 0.3) is 11.4 Å². The number of para-hydroxylation sites is 1. The summed E-state index contributed by atoms with van der Waals surface area (Å²) < 4.78 is 17.4. The molecule has 0 saturated heterocycles. The lowest BCUT2D eigenvalue weighted by molar-refractivity contribution is -0.113. The molecule has 3 aromatic rings. The summed E-state index contributed by atoms with van der Waals surface area (Å²) in [5, 5.41) is 11.4. The number of benzene rings is 2. The van der Waals surface area contributed by atoms with E-state index in [1.54, 1.807) is 12.1 Å². The van der Waals surface area contributed by atoms with E-state index in [2.05, 4.69) is 15.5 Å². The predicted molar refractivity (Wildman–Crippen MR) is 111 cm³/mol. The highest BCUT2D eigenvalue weighted by Gasteiger charge is 2.19. The van der Waals surface area contributed by atoms with E-state index >= 15 is 0 Å². The van der Waals surface area contributed by atoms with Gasteiger partial charge in [0.1, 0.15) is 0 Å². The third kappa shape index (κ3) is 4.54. The van der Waals surface area contributed by atoms with Crippen LogP contribution < -0.4 is 25.4 Å². The number of rotatable bonds is 8. The van der Waals surface area contributed by atoms with E-state index in [1.807, 2.05) is 30.3 Å². The van der Waals surface area contributed by atoms with Gasteiger partial charge < -0.3 is 25.4 Å². The number of methoxy groups -OCH3 is 3. The molecule has 29 heavy (non-hydrogen) atoms. The monoisotopic (exact) mass is 415 g/mol. The second-order valence-corrected chi connectivity index (χ2v) is 6.74. The topological polar surface area (TPSA) is 114 Å². The Hall–Kier alpha value is -3.40.